The number of carbonyl (C=O) groups is 1. The van der Waals surface area contributed by atoms with Crippen molar-refractivity contribution in [3.05, 3.63) is 34.8 Å². The van der Waals surface area contributed by atoms with E-state index < -0.39 is 0 Å². The number of aromatic nitrogens is 2. The summed E-state index contributed by atoms with van der Waals surface area (Å²) in [6.07, 6.45) is 7.10. The lowest BCUT2D eigenvalue weighted by Crippen LogP contribution is -2.11. The van der Waals surface area contributed by atoms with Crippen molar-refractivity contribution in [3.63, 3.8) is 0 Å². The summed E-state index contributed by atoms with van der Waals surface area (Å²) in [7, 11) is 1.60. The summed E-state index contributed by atoms with van der Waals surface area (Å²) in [5.41, 5.74) is 0.571. The summed E-state index contributed by atoms with van der Waals surface area (Å²) in [4.78, 5) is 12.1. The second-order valence-electron chi connectivity index (χ2n) is 5.35. The minimum absolute atomic E-state index is 0.182. The van der Waals surface area contributed by atoms with Gasteiger partial charge in [0.15, 0.2) is 0 Å². The van der Waals surface area contributed by atoms with Gasteiger partial charge in [0.05, 0.1) is 7.11 Å². The third-order valence-electron chi connectivity index (χ3n) is 3.53. The van der Waals surface area contributed by atoms with Gasteiger partial charge < -0.3 is 4.74 Å². The van der Waals surface area contributed by atoms with E-state index >= 15 is 0 Å². The Bertz CT molecular complexity index is 611. The molecule has 1 aromatic carbocycles. The summed E-state index contributed by atoms with van der Waals surface area (Å²) in [6, 6.07) is 6.97. The molecule has 0 saturated carbocycles. The SMILES string of the molecule is CCCCCCCc1nnc(NC(=O)c2ccc(OC)cc2)s1. The van der Waals surface area contributed by atoms with Crippen LogP contribution in [0.15, 0.2) is 24.3 Å². The summed E-state index contributed by atoms with van der Waals surface area (Å²) in [5, 5.41) is 12.5. The number of hydrogen-bond donors (Lipinski definition) is 1. The fourth-order valence-electron chi connectivity index (χ4n) is 2.20. The fourth-order valence-corrected chi connectivity index (χ4v) is 2.97. The predicted molar refractivity (Wildman–Crippen MR) is 93.3 cm³/mol. The quantitative estimate of drug-likeness (QED) is 0.694. The van der Waals surface area contributed by atoms with Crippen LogP contribution in [0.4, 0.5) is 5.13 Å². The summed E-state index contributed by atoms with van der Waals surface area (Å²) in [5.74, 6) is 0.543. The van der Waals surface area contributed by atoms with Gasteiger partial charge in [-0.25, -0.2) is 0 Å². The molecule has 0 radical (unpaired) electrons. The number of ether oxygens (including phenoxy) is 1. The first kappa shape index (κ1) is 17.4. The molecular weight excluding hydrogens is 310 g/mol. The van der Waals surface area contributed by atoms with Gasteiger partial charge in [-0.05, 0) is 30.7 Å². The van der Waals surface area contributed by atoms with Gasteiger partial charge in [0.25, 0.3) is 5.91 Å². The molecule has 23 heavy (non-hydrogen) atoms. The highest BCUT2D eigenvalue weighted by Gasteiger charge is 2.10. The number of rotatable bonds is 9. The van der Waals surface area contributed by atoms with E-state index in [0.29, 0.717) is 10.7 Å². The number of carbonyl (C=O) groups excluding carboxylic acids is 1. The van der Waals surface area contributed by atoms with Gasteiger partial charge in [-0.15, -0.1) is 10.2 Å². The van der Waals surface area contributed by atoms with Crippen LogP contribution in [0.1, 0.15) is 54.4 Å². The van der Waals surface area contributed by atoms with Gasteiger partial charge in [0, 0.05) is 12.0 Å². The molecule has 124 valence electrons. The van der Waals surface area contributed by atoms with Crippen LogP contribution in [0.5, 0.6) is 5.75 Å². The molecule has 0 unspecified atom stereocenters. The Kier molecular flexibility index (Phi) is 7.00. The number of benzene rings is 1. The van der Waals surface area contributed by atoms with Crippen molar-refractivity contribution < 1.29 is 9.53 Å². The van der Waals surface area contributed by atoms with Crippen LogP contribution in [-0.2, 0) is 6.42 Å². The van der Waals surface area contributed by atoms with E-state index in [0.717, 1.165) is 23.6 Å². The second kappa shape index (κ2) is 9.25. The first-order valence-corrected chi connectivity index (χ1v) is 8.82. The van der Waals surface area contributed by atoms with Crippen LogP contribution in [0.25, 0.3) is 0 Å². The molecule has 2 rings (SSSR count). The second-order valence-corrected chi connectivity index (χ2v) is 6.41. The van der Waals surface area contributed by atoms with Crippen LogP contribution in [-0.4, -0.2) is 23.2 Å². The van der Waals surface area contributed by atoms with Gasteiger partial charge >= 0.3 is 0 Å². The van der Waals surface area contributed by atoms with E-state index in [1.807, 2.05) is 0 Å². The Morgan fingerprint density at radius 2 is 1.87 bits per heavy atom. The van der Waals surface area contributed by atoms with E-state index in [-0.39, 0.29) is 5.91 Å². The van der Waals surface area contributed by atoms with Crippen LogP contribution >= 0.6 is 11.3 Å². The number of nitrogens with one attached hydrogen (secondary N) is 1. The Labute approximate surface area is 141 Å². The zero-order chi connectivity index (χ0) is 16.5. The standard InChI is InChI=1S/C17H23N3O2S/c1-3-4-5-6-7-8-15-19-20-17(23-15)18-16(21)13-9-11-14(22-2)12-10-13/h9-12H,3-8H2,1-2H3,(H,18,20,21). The first-order chi connectivity index (χ1) is 11.2. The zero-order valence-corrected chi connectivity index (χ0v) is 14.5. The van der Waals surface area contributed by atoms with Crippen molar-refractivity contribution in [2.45, 2.75) is 45.4 Å². The van der Waals surface area contributed by atoms with E-state index in [4.69, 9.17) is 4.74 Å². The molecule has 1 heterocycles. The van der Waals surface area contributed by atoms with Crippen LogP contribution in [0, 0.1) is 0 Å². The topological polar surface area (TPSA) is 64.1 Å². The number of hydrogen-bond acceptors (Lipinski definition) is 5. The summed E-state index contributed by atoms with van der Waals surface area (Å²) >= 11 is 1.45. The largest absolute Gasteiger partial charge is 0.497 e. The molecule has 0 saturated heterocycles. The maximum Gasteiger partial charge on any atom is 0.257 e. The molecule has 2 aromatic rings. The molecule has 5 nitrogen and oxygen atoms in total. The maximum atomic E-state index is 12.1. The smallest absolute Gasteiger partial charge is 0.257 e. The minimum Gasteiger partial charge on any atom is -0.497 e. The monoisotopic (exact) mass is 333 g/mol. The average Bonchev–Trinajstić information content (AvgIpc) is 3.02. The fraction of sp³-hybridized carbons (Fsp3) is 0.471. The van der Waals surface area contributed by atoms with Gasteiger partial charge in [-0.3, -0.25) is 10.1 Å². The number of nitrogens with zero attached hydrogens (tertiary/aromatic N) is 2. The molecule has 0 bridgehead atoms. The van der Waals surface area contributed by atoms with E-state index in [1.54, 1.807) is 31.4 Å². The van der Waals surface area contributed by atoms with Crippen molar-refractivity contribution >= 4 is 22.4 Å². The van der Waals surface area contributed by atoms with Crippen LogP contribution in [0.3, 0.4) is 0 Å². The van der Waals surface area contributed by atoms with E-state index in [2.05, 4.69) is 22.4 Å². The van der Waals surface area contributed by atoms with Gasteiger partial charge in [0.1, 0.15) is 10.8 Å². The Hall–Kier alpha value is -1.95. The van der Waals surface area contributed by atoms with Crippen molar-refractivity contribution in [2.75, 3.05) is 12.4 Å². The third kappa shape index (κ3) is 5.63. The Morgan fingerprint density at radius 1 is 1.13 bits per heavy atom. The van der Waals surface area contributed by atoms with Crippen LogP contribution in [0.2, 0.25) is 0 Å². The molecular formula is C17H23N3O2S. The number of amides is 1. The van der Waals surface area contributed by atoms with Gasteiger partial charge in [0.2, 0.25) is 5.13 Å². The maximum absolute atomic E-state index is 12.1. The molecule has 0 aliphatic heterocycles. The van der Waals surface area contributed by atoms with E-state index in [1.165, 1.54) is 37.0 Å². The number of anilines is 1. The molecule has 0 aliphatic carbocycles. The third-order valence-corrected chi connectivity index (χ3v) is 4.43. The van der Waals surface area contributed by atoms with Crippen molar-refractivity contribution in [3.8, 4) is 5.75 Å². The summed E-state index contributed by atoms with van der Waals surface area (Å²) < 4.78 is 5.08. The normalized spacial score (nSPS) is 10.5. The number of unbranched alkanes of at least 4 members (excludes halogenated alkanes) is 4. The highest BCUT2D eigenvalue weighted by molar-refractivity contribution is 7.15. The van der Waals surface area contributed by atoms with Crippen molar-refractivity contribution in [1.82, 2.24) is 10.2 Å². The molecule has 1 amide bonds. The highest BCUT2D eigenvalue weighted by atomic mass is 32.1. The lowest BCUT2D eigenvalue weighted by molar-refractivity contribution is 0.102. The molecule has 6 heteroatoms. The Balaban J connectivity index is 1.82. The lowest BCUT2D eigenvalue weighted by atomic mass is 10.1. The molecule has 0 atom stereocenters. The zero-order valence-electron chi connectivity index (χ0n) is 13.7. The van der Waals surface area contributed by atoms with Crippen molar-refractivity contribution in [2.24, 2.45) is 0 Å². The molecule has 0 spiro atoms. The van der Waals surface area contributed by atoms with Gasteiger partial charge in [-0.1, -0.05) is 43.9 Å². The minimum atomic E-state index is -0.182. The number of methoxy groups -OCH3 is 1. The molecule has 1 aromatic heterocycles. The van der Waals surface area contributed by atoms with Gasteiger partial charge in [-0.2, -0.15) is 0 Å². The number of aryl methyl sites for hydroxylation is 1. The molecule has 1 N–H and O–H groups in total. The highest BCUT2D eigenvalue weighted by Crippen LogP contribution is 2.19. The molecule has 0 fully saturated rings. The average molecular weight is 333 g/mol. The van der Waals surface area contributed by atoms with E-state index in [9.17, 15) is 4.79 Å². The van der Waals surface area contributed by atoms with Crippen LogP contribution < -0.4 is 10.1 Å². The lowest BCUT2D eigenvalue weighted by Gasteiger charge is -2.02. The van der Waals surface area contributed by atoms with Crippen molar-refractivity contribution in [1.29, 1.82) is 0 Å². The Morgan fingerprint density at radius 3 is 2.57 bits per heavy atom. The first-order valence-electron chi connectivity index (χ1n) is 8.00. The summed E-state index contributed by atoms with van der Waals surface area (Å²) in [6.45, 7) is 2.21. The molecule has 0 aliphatic rings. The predicted octanol–water partition coefficient (Wildman–Crippen LogP) is 4.31.